The fourth-order valence-electron chi connectivity index (χ4n) is 2.34. The van der Waals surface area contributed by atoms with Gasteiger partial charge in [0.25, 0.3) is 5.91 Å². The van der Waals surface area contributed by atoms with Gasteiger partial charge in [0.05, 0.1) is 5.60 Å². The van der Waals surface area contributed by atoms with Crippen LogP contribution in [0.4, 0.5) is 0 Å². The molecule has 24 heavy (non-hydrogen) atoms. The monoisotopic (exact) mass is 327 g/mol. The van der Waals surface area contributed by atoms with E-state index < -0.39 is 5.60 Å². The Labute approximate surface area is 143 Å². The van der Waals surface area contributed by atoms with Crippen LogP contribution in [0.2, 0.25) is 0 Å². The third kappa shape index (κ3) is 6.42. The summed E-state index contributed by atoms with van der Waals surface area (Å²) in [5.41, 5.74) is 1.30. The molecule has 4 nitrogen and oxygen atoms in total. The molecule has 4 heteroatoms. The Morgan fingerprint density at radius 3 is 2.62 bits per heavy atom. The molecule has 0 bridgehead atoms. The Morgan fingerprint density at radius 1 is 1.17 bits per heavy atom. The van der Waals surface area contributed by atoms with E-state index in [-0.39, 0.29) is 19.1 Å². The number of aryl methyl sites for hydroxylation is 2. The van der Waals surface area contributed by atoms with Gasteiger partial charge in [0, 0.05) is 6.54 Å². The largest absolute Gasteiger partial charge is 0.484 e. The summed E-state index contributed by atoms with van der Waals surface area (Å²) < 4.78 is 5.45. The maximum absolute atomic E-state index is 11.9. The fraction of sp³-hybridized carbons (Fsp3) is 0.350. The Hall–Kier alpha value is -2.33. The number of hydrogen-bond acceptors (Lipinski definition) is 3. The first-order valence-corrected chi connectivity index (χ1v) is 8.17. The van der Waals surface area contributed by atoms with Crippen LogP contribution >= 0.6 is 0 Å². The van der Waals surface area contributed by atoms with Crippen LogP contribution in [0.3, 0.4) is 0 Å². The molecule has 2 aromatic rings. The van der Waals surface area contributed by atoms with Crippen LogP contribution in [-0.2, 0) is 11.2 Å². The molecule has 0 saturated heterocycles. The molecule has 0 radical (unpaired) electrons. The van der Waals surface area contributed by atoms with E-state index in [0.29, 0.717) is 12.2 Å². The molecule has 0 fully saturated rings. The molecule has 2 rings (SSSR count). The molecular formula is C20H25NO3. The van der Waals surface area contributed by atoms with E-state index in [0.717, 1.165) is 12.0 Å². The van der Waals surface area contributed by atoms with Gasteiger partial charge in [-0.25, -0.2) is 0 Å². The molecule has 2 N–H and O–H groups in total. The van der Waals surface area contributed by atoms with Crippen LogP contribution in [0.1, 0.15) is 24.5 Å². The molecule has 1 atom stereocenters. The third-order valence-corrected chi connectivity index (χ3v) is 3.82. The summed E-state index contributed by atoms with van der Waals surface area (Å²) in [5, 5.41) is 13.1. The highest BCUT2D eigenvalue weighted by Crippen LogP contribution is 2.14. The highest BCUT2D eigenvalue weighted by molar-refractivity contribution is 5.77. The first-order valence-electron chi connectivity index (χ1n) is 8.17. The zero-order valence-electron chi connectivity index (χ0n) is 14.3. The average Bonchev–Trinajstić information content (AvgIpc) is 2.58. The number of hydrogen-bond donors (Lipinski definition) is 2. The summed E-state index contributed by atoms with van der Waals surface area (Å²) in [7, 11) is 0. The van der Waals surface area contributed by atoms with Crippen LogP contribution in [0.15, 0.2) is 54.6 Å². The summed E-state index contributed by atoms with van der Waals surface area (Å²) in [6, 6.07) is 17.5. The predicted octanol–water partition coefficient (Wildman–Crippen LogP) is 2.87. The molecule has 0 aromatic heterocycles. The second-order valence-corrected chi connectivity index (χ2v) is 6.36. The number of rotatable bonds is 8. The van der Waals surface area contributed by atoms with Gasteiger partial charge in [-0.05, 0) is 49.9 Å². The molecule has 128 valence electrons. The Bertz CT molecular complexity index is 653. The minimum absolute atomic E-state index is 0.0573. The maximum Gasteiger partial charge on any atom is 0.258 e. The first kappa shape index (κ1) is 18.0. The number of carbonyl (C=O) groups is 1. The van der Waals surface area contributed by atoms with Gasteiger partial charge < -0.3 is 15.2 Å². The second kappa shape index (κ2) is 8.50. The van der Waals surface area contributed by atoms with E-state index in [1.807, 2.05) is 61.5 Å². The lowest BCUT2D eigenvalue weighted by atomic mass is 9.97. The first-order chi connectivity index (χ1) is 11.4. The van der Waals surface area contributed by atoms with Crippen molar-refractivity contribution in [1.82, 2.24) is 5.32 Å². The Balaban J connectivity index is 1.71. The minimum Gasteiger partial charge on any atom is -0.484 e. The number of ether oxygens (including phenoxy) is 1. The van der Waals surface area contributed by atoms with E-state index in [1.165, 1.54) is 5.56 Å². The molecule has 1 unspecified atom stereocenters. The molecule has 0 aliphatic heterocycles. The molecule has 0 heterocycles. The molecule has 0 aliphatic rings. The minimum atomic E-state index is -0.950. The predicted molar refractivity (Wildman–Crippen MR) is 95.1 cm³/mol. The normalized spacial score (nSPS) is 13.1. The SMILES string of the molecule is Cc1cccc(OCC(=O)NCC(C)(O)CCc2ccccc2)c1. The van der Waals surface area contributed by atoms with Crippen molar-refractivity contribution in [3.05, 3.63) is 65.7 Å². The number of amides is 1. The highest BCUT2D eigenvalue weighted by Gasteiger charge is 2.21. The van der Waals surface area contributed by atoms with Crippen LogP contribution in [0.25, 0.3) is 0 Å². The van der Waals surface area contributed by atoms with Gasteiger partial charge in [0.2, 0.25) is 0 Å². The van der Waals surface area contributed by atoms with Crippen molar-refractivity contribution >= 4 is 5.91 Å². The molecule has 0 aliphatic carbocycles. The molecular weight excluding hydrogens is 302 g/mol. The van der Waals surface area contributed by atoms with Gasteiger partial charge >= 0.3 is 0 Å². The second-order valence-electron chi connectivity index (χ2n) is 6.36. The third-order valence-electron chi connectivity index (χ3n) is 3.82. The highest BCUT2D eigenvalue weighted by atomic mass is 16.5. The maximum atomic E-state index is 11.9. The number of carbonyl (C=O) groups excluding carboxylic acids is 1. The van der Waals surface area contributed by atoms with Crippen molar-refractivity contribution < 1.29 is 14.6 Å². The quantitative estimate of drug-likeness (QED) is 0.784. The zero-order valence-corrected chi connectivity index (χ0v) is 14.3. The number of aliphatic hydroxyl groups is 1. The van der Waals surface area contributed by atoms with E-state index in [4.69, 9.17) is 4.74 Å². The van der Waals surface area contributed by atoms with Crippen molar-refractivity contribution in [3.63, 3.8) is 0 Å². The smallest absolute Gasteiger partial charge is 0.258 e. The van der Waals surface area contributed by atoms with Crippen LogP contribution < -0.4 is 10.1 Å². The van der Waals surface area contributed by atoms with Crippen molar-refractivity contribution in [2.45, 2.75) is 32.3 Å². The Morgan fingerprint density at radius 2 is 1.92 bits per heavy atom. The Kier molecular flexibility index (Phi) is 6.38. The fourth-order valence-corrected chi connectivity index (χ4v) is 2.34. The number of benzene rings is 2. The molecule has 0 spiro atoms. The van der Waals surface area contributed by atoms with E-state index in [2.05, 4.69) is 5.32 Å². The van der Waals surface area contributed by atoms with Gasteiger partial charge in [-0.1, -0.05) is 42.5 Å². The summed E-state index contributed by atoms with van der Waals surface area (Å²) in [5.74, 6) is 0.428. The summed E-state index contributed by atoms with van der Waals surface area (Å²) in [6.45, 7) is 3.85. The van der Waals surface area contributed by atoms with Crippen molar-refractivity contribution in [1.29, 1.82) is 0 Å². The van der Waals surface area contributed by atoms with Crippen molar-refractivity contribution in [2.75, 3.05) is 13.2 Å². The lowest BCUT2D eigenvalue weighted by molar-refractivity contribution is -0.124. The van der Waals surface area contributed by atoms with Crippen molar-refractivity contribution in [2.24, 2.45) is 0 Å². The summed E-state index contributed by atoms with van der Waals surface area (Å²) >= 11 is 0. The summed E-state index contributed by atoms with van der Waals surface area (Å²) in [6.07, 6.45) is 1.35. The van der Waals surface area contributed by atoms with Gasteiger partial charge in [-0.2, -0.15) is 0 Å². The van der Waals surface area contributed by atoms with E-state index >= 15 is 0 Å². The topological polar surface area (TPSA) is 58.6 Å². The van der Waals surface area contributed by atoms with Crippen LogP contribution in [-0.4, -0.2) is 29.8 Å². The van der Waals surface area contributed by atoms with Gasteiger partial charge in [0.15, 0.2) is 6.61 Å². The van der Waals surface area contributed by atoms with Crippen molar-refractivity contribution in [3.8, 4) is 5.75 Å². The molecule has 0 saturated carbocycles. The average molecular weight is 327 g/mol. The van der Waals surface area contributed by atoms with Crippen LogP contribution in [0.5, 0.6) is 5.75 Å². The van der Waals surface area contributed by atoms with E-state index in [1.54, 1.807) is 6.92 Å². The van der Waals surface area contributed by atoms with Gasteiger partial charge in [0.1, 0.15) is 5.75 Å². The standard InChI is InChI=1S/C20H25NO3/c1-16-7-6-10-18(13-16)24-14-19(22)21-15-20(2,23)12-11-17-8-4-3-5-9-17/h3-10,13,23H,11-12,14-15H2,1-2H3,(H,21,22). The van der Waals surface area contributed by atoms with Crippen LogP contribution in [0, 0.1) is 6.92 Å². The van der Waals surface area contributed by atoms with Gasteiger partial charge in [-0.3, -0.25) is 4.79 Å². The lowest BCUT2D eigenvalue weighted by Crippen LogP contribution is -2.42. The molecule has 2 aromatic carbocycles. The van der Waals surface area contributed by atoms with E-state index in [9.17, 15) is 9.90 Å². The lowest BCUT2D eigenvalue weighted by Gasteiger charge is -2.23. The van der Waals surface area contributed by atoms with Gasteiger partial charge in [-0.15, -0.1) is 0 Å². The zero-order chi connectivity index (χ0) is 17.4. The summed E-state index contributed by atoms with van der Waals surface area (Å²) in [4.78, 5) is 11.9. The number of nitrogens with one attached hydrogen (secondary N) is 1. The molecule has 1 amide bonds.